The molecule has 0 aliphatic carbocycles. The molecule has 2 rings (SSSR count). The summed E-state index contributed by atoms with van der Waals surface area (Å²) in [6.45, 7) is 0.324. The smallest absolute Gasteiger partial charge is 0.269 e. The average Bonchev–Trinajstić information content (AvgIpc) is 2.82. The van der Waals surface area contributed by atoms with Gasteiger partial charge in [-0.25, -0.2) is 0 Å². The van der Waals surface area contributed by atoms with Crippen molar-refractivity contribution in [3.8, 4) is 0 Å². The van der Waals surface area contributed by atoms with Gasteiger partial charge in [0.05, 0.1) is 17.6 Å². The van der Waals surface area contributed by atoms with Crippen molar-refractivity contribution in [2.75, 3.05) is 0 Å². The van der Waals surface area contributed by atoms with E-state index in [9.17, 15) is 15.2 Å². The third kappa shape index (κ3) is 2.67. The molecule has 88 valence electrons. The lowest BCUT2D eigenvalue weighted by atomic mass is 10.1. The number of aliphatic hydroxyl groups is 1. The van der Waals surface area contributed by atoms with Gasteiger partial charge < -0.3 is 5.11 Å². The summed E-state index contributed by atoms with van der Waals surface area (Å²) in [5.41, 5.74) is 0.645. The number of aliphatic hydroxyl groups excluding tert-OH is 1. The first kappa shape index (κ1) is 11.3. The molecule has 1 aromatic carbocycles. The molecule has 17 heavy (non-hydrogen) atoms. The molecule has 0 saturated heterocycles. The van der Waals surface area contributed by atoms with Gasteiger partial charge in [0.15, 0.2) is 0 Å². The highest BCUT2D eigenvalue weighted by Gasteiger charge is 2.11. The van der Waals surface area contributed by atoms with Gasteiger partial charge in [0.1, 0.15) is 0 Å². The van der Waals surface area contributed by atoms with Crippen LogP contribution in [-0.2, 0) is 6.54 Å². The molecule has 6 nitrogen and oxygen atoms in total. The number of aromatic nitrogens is 2. The van der Waals surface area contributed by atoms with E-state index in [-0.39, 0.29) is 5.69 Å². The van der Waals surface area contributed by atoms with Crippen LogP contribution in [0.5, 0.6) is 0 Å². The molecule has 0 unspecified atom stereocenters. The van der Waals surface area contributed by atoms with Gasteiger partial charge in [0, 0.05) is 24.5 Å². The first-order valence-corrected chi connectivity index (χ1v) is 5.06. The number of nitro groups is 1. The van der Waals surface area contributed by atoms with Crippen LogP contribution in [0.1, 0.15) is 11.7 Å². The summed E-state index contributed by atoms with van der Waals surface area (Å²) < 4.78 is 1.60. The van der Waals surface area contributed by atoms with Crippen LogP contribution < -0.4 is 0 Å². The Bertz CT molecular complexity index is 493. The summed E-state index contributed by atoms with van der Waals surface area (Å²) in [5, 5.41) is 24.3. The molecular weight excluding hydrogens is 222 g/mol. The second-order valence-corrected chi connectivity index (χ2v) is 3.59. The molecule has 0 aliphatic heterocycles. The maximum atomic E-state index is 10.5. The summed E-state index contributed by atoms with van der Waals surface area (Å²) in [5.74, 6) is 0. The number of non-ortho nitro benzene ring substituents is 1. The van der Waals surface area contributed by atoms with E-state index in [4.69, 9.17) is 0 Å². The van der Waals surface area contributed by atoms with Gasteiger partial charge in [-0.05, 0) is 23.8 Å². The Hall–Kier alpha value is -2.21. The maximum Gasteiger partial charge on any atom is 0.269 e. The maximum absolute atomic E-state index is 10.5. The van der Waals surface area contributed by atoms with Crippen LogP contribution in [0.4, 0.5) is 5.69 Å². The minimum atomic E-state index is -0.726. The van der Waals surface area contributed by atoms with E-state index < -0.39 is 11.0 Å². The Morgan fingerprint density at radius 2 is 2.12 bits per heavy atom. The van der Waals surface area contributed by atoms with E-state index in [0.717, 1.165) is 0 Å². The van der Waals surface area contributed by atoms with Crippen LogP contribution >= 0.6 is 0 Å². The third-order valence-electron chi connectivity index (χ3n) is 2.41. The Labute approximate surface area is 97.3 Å². The topological polar surface area (TPSA) is 81.2 Å². The molecule has 0 fully saturated rings. The zero-order chi connectivity index (χ0) is 12.3. The first-order chi connectivity index (χ1) is 8.16. The highest BCUT2D eigenvalue weighted by atomic mass is 16.6. The van der Waals surface area contributed by atoms with Crippen molar-refractivity contribution < 1.29 is 10.0 Å². The van der Waals surface area contributed by atoms with Crippen LogP contribution in [-0.4, -0.2) is 19.8 Å². The number of nitrogens with zero attached hydrogens (tertiary/aromatic N) is 3. The lowest BCUT2D eigenvalue weighted by Gasteiger charge is -2.10. The second kappa shape index (κ2) is 4.75. The van der Waals surface area contributed by atoms with Crippen molar-refractivity contribution >= 4 is 5.69 Å². The fourth-order valence-corrected chi connectivity index (χ4v) is 1.51. The van der Waals surface area contributed by atoms with Gasteiger partial charge in [-0.2, -0.15) is 5.10 Å². The third-order valence-corrected chi connectivity index (χ3v) is 2.41. The van der Waals surface area contributed by atoms with E-state index in [1.165, 1.54) is 12.1 Å². The quantitative estimate of drug-likeness (QED) is 0.641. The minimum Gasteiger partial charge on any atom is -0.386 e. The standard InChI is InChI=1S/C11H11N3O3/c15-11(8-13-7-1-6-12-13)9-2-4-10(5-3-9)14(16)17/h1-7,11,15H,8H2/t11-/m0/s1. The molecule has 0 bridgehead atoms. The average molecular weight is 233 g/mol. The fourth-order valence-electron chi connectivity index (χ4n) is 1.51. The highest BCUT2D eigenvalue weighted by Crippen LogP contribution is 2.18. The molecule has 0 radical (unpaired) electrons. The first-order valence-electron chi connectivity index (χ1n) is 5.06. The van der Waals surface area contributed by atoms with Gasteiger partial charge in [0.25, 0.3) is 5.69 Å². The van der Waals surface area contributed by atoms with E-state index >= 15 is 0 Å². The number of nitro benzene ring substituents is 1. The number of rotatable bonds is 4. The van der Waals surface area contributed by atoms with Crippen molar-refractivity contribution in [2.24, 2.45) is 0 Å². The second-order valence-electron chi connectivity index (χ2n) is 3.59. The van der Waals surface area contributed by atoms with Crippen molar-refractivity contribution in [3.63, 3.8) is 0 Å². The van der Waals surface area contributed by atoms with Crippen molar-refractivity contribution in [2.45, 2.75) is 12.6 Å². The molecule has 0 saturated carbocycles. The van der Waals surface area contributed by atoms with E-state index in [2.05, 4.69) is 5.10 Å². The summed E-state index contributed by atoms with van der Waals surface area (Å²) in [6.07, 6.45) is 2.65. The van der Waals surface area contributed by atoms with Gasteiger partial charge in [-0.1, -0.05) is 0 Å². The van der Waals surface area contributed by atoms with Crippen LogP contribution in [0.2, 0.25) is 0 Å². The van der Waals surface area contributed by atoms with Gasteiger partial charge >= 0.3 is 0 Å². The molecule has 1 N–H and O–H groups in total. The molecule has 0 spiro atoms. The SMILES string of the molecule is O=[N+]([O-])c1ccc([C@@H](O)Cn2cccn2)cc1. The normalized spacial score (nSPS) is 12.3. The monoisotopic (exact) mass is 233 g/mol. The molecule has 6 heteroatoms. The Morgan fingerprint density at radius 3 is 2.65 bits per heavy atom. The lowest BCUT2D eigenvalue weighted by Crippen LogP contribution is -2.08. The largest absolute Gasteiger partial charge is 0.386 e. The lowest BCUT2D eigenvalue weighted by molar-refractivity contribution is -0.384. The summed E-state index contributed by atoms with van der Waals surface area (Å²) in [4.78, 5) is 10.00. The molecule has 1 aromatic heterocycles. The molecular formula is C11H11N3O3. The fraction of sp³-hybridized carbons (Fsp3) is 0.182. The Balaban J connectivity index is 2.09. The predicted molar refractivity (Wildman–Crippen MR) is 60.3 cm³/mol. The molecule has 1 heterocycles. The predicted octanol–water partition coefficient (Wildman–Crippen LogP) is 1.52. The minimum absolute atomic E-state index is 0.0139. The molecule has 2 aromatic rings. The van der Waals surface area contributed by atoms with Crippen molar-refractivity contribution in [1.82, 2.24) is 9.78 Å². The molecule has 0 amide bonds. The van der Waals surface area contributed by atoms with Crippen molar-refractivity contribution in [1.29, 1.82) is 0 Å². The van der Waals surface area contributed by atoms with Crippen LogP contribution in [0.25, 0.3) is 0 Å². The van der Waals surface area contributed by atoms with Crippen LogP contribution in [0, 0.1) is 10.1 Å². The molecule has 1 atom stereocenters. The Kier molecular flexibility index (Phi) is 3.15. The van der Waals surface area contributed by atoms with Crippen molar-refractivity contribution in [3.05, 3.63) is 58.4 Å². The van der Waals surface area contributed by atoms with E-state index in [1.807, 2.05) is 0 Å². The zero-order valence-electron chi connectivity index (χ0n) is 8.93. The van der Waals surface area contributed by atoms with E-state index in [1.54, 1.807) is 35.3 Å². The summed E-state index contributed by atoms with van der Waals surface area (Å²) in [7, 11) is 0. The zero-order valence-corrected chi connectivity index (χ0v) is 8.93. The Morgan fingerprint density at radius 1 is 1.41 bits per heavy atom. The number of benzene rings is 1. The number of hydrogen-bond acceptors (Lipinski definition) is 4. The summed E-state index contributed by atoms with van der Waals surface area (Å²) >= 11 is 0. The van der Waals surface area contributed by atoms with Gasteiger partial charge in [-0.15, -0.1) is 0 Å². The van der Waals surface area contributed by atoms with Crippen LogP contribution in [0.3, 0.4) is 0 Å². The highest BCUT2D eigenvalue weighted by molar-refractivity contribution is 5.33. The van der Waals surface area contributed by atoms with Gasteiger partial charge in [-0.3, -0.25) is 14.8 Å². The molecule has 0 aliphatic rings. The van der Waals surface area contributed by atoms with Gasteiger partial charge in [0.2, 0.25) is 0 Å². The number of hydrogen-bond donors (Lipinski definition) is 1. The van der Waals surface area contributed by atoms with E-state index in [0.29, 0.717) is 12.1 Å². The van der Waals surface area contributed by atoms with Crippen LogP contribution in [0.15, 0.2) is 42.7 Å². The summed E-state index contributed by atoms with van der Waals surface area (Å²) in [6, 6.07) is 7.62.